The summed E-state index contributed by atoms with van der Waals surface area (Å²) in [6.45, 7) is 2.23. The summed E-state index contributed by atoms with van der Waals surface area (Å²) < 4.78 is 10.9. The van der Waals surface area contributed by atoms with E-state index in [2.05, 4.69) is 10.3 Å². The highest BCUT2D eigenvalue weighted by atomic mass is 16.5. The van der Waals surface area contributed by atoms with Gasteiger partial charge in [-0.05, 0) is 13.1 Å². The van der Waals surface area contributed by atoms with Crippen molar-refractivity contribution >= 4 is 0 Å². The molecule has 0 spiro atoms. The van der Waals surface area contributed by atoms with E-state index < -0.39 is 0 Å². The molecule has 1 atom stereocenters. The zero-order valence-electron chi connectivity index (χ0n) is 8.90. The normalized spacial score (nSPS) is 20.5. The Morgan fingerprint density at radius 1 is 1.60 bits per heavy atom. The fourth-order valence-electron chi connectivity index (χ4n) is 1.58. The molecule has 1 N–H and O–H groups in total. The molecule has 1 unspecified atom stereocenters. The second-order valence-corrected chi connectivity index (χ2v) is 3.60. The summed E-state index contributed by atoms with van der Waals surface area (Å²) in [6.07, 6.45) is 1.13. The summed E-state index contributed by atoms with van der Waals surface area (Å²) in [5, 5.41) is 3.06. The SMILES string of the molecule is CNCc1cccc(OC2CCOC2)n1. The first-order valence-corrected chi connectivity index (χ1v) is 5.23. The number of hydrogen-bond acceptors (Lipinski definition) is 4. The molecule has 4 nitrogen and oxygen atoms in total. The molecule has 4 heteroatoms. The largest absolute Gasteiger partial charge is 0.472 e. The molecule has 0 saturated carbocycles. The molecule has 1 saturated heterocycles. The Kier molecular flexibility index (Phi) is 3.53. The van der Waals surface area contributed by atoms with Gasteiger partial charge in [0.05, 0.1) is 18.9 Å². The molecule has 1 aromatic rings. The lowest BCUT2D eigenvalue weighted by Crippen LogP contribution is -2.17. The maximum absolute atomic E-state index is 5.70. The van der Waals surface area contributed by atoms with Gasteiger partial charge in [0, 0.05) is 19.0 Å². The van der Waals surface area contributed by atoms with Crippen LogP contribution < -0.4 is 10.1 Å². The number of aromatic nitrogens is 1. The molecule has 0 bridgehead atoms. The van der Waals surface area contributed by atoms with E-state index in [1.807, 2.05) is 25.2 Å². The van der Waals surface area contributed by atoms with Gasteiger partial charge >= 0.3 is 0 Å². The molecule has 15 heavy (non-hydrogen) atoms. The van der Waals surface area contributed by atoms with Gasteiger partial charge in [-0.2, -0.15) is 0 Å². The lowest BCUT2D eigenvalue weighted by atomic mass is 10.3. The molecule has 0 aliphatic carbocycles. The van der Waals surface area contributed by atoms with Crippen LogP contribution in [0.3, 0.4) is 0 Å². The smallest absolute Gasteiger partial charge is 0.213 e. The molecule has 1 aromatic heterocycles. The van der Waals surface area contributed by atoms with Crippen LogP contribution >= 0.6 is 0 Å². The molecule has 0 radical (unpaired) electrons. The van der Waals surface area contributed by atoms with Gasteiger partial charge in [-0.3, -0.25) is 0 Å². The van der Waals surface area contributed by atoms with Crippen molar-refractivity contribution in [1.82, 2.24) is 10.3 Å². The Balaban J connectivity index is 1.97. The fourth-order valence-corrected chi connectivity index (χ4v) is 1.58. The minimum atomic E-state index is 0.169. The van der Waals surface area contributed by atoms with Crippen molar-refractivity contribution in [3.05, 3.63) is 23.9 Å². The van der Waals surface area contributed by atoms with Gasteiger partial charge in [-0.15, -0.1) is 0 Å². The van der Waals surface area contributed by atoms with Crippen LogP contribution in [-0.4, -0.2) is 31.3 Å². The third-order valence-corrected chi connectivity index (χ3v) is 2.31. The second-order valence-electron chi connectivity index (χ2n) is 3.60. The van der Waals surface area contributed by atoms with Gasteiger partial charge in [0.15, 0.2) is 0 Å². The lowest BCUT2D eigenvalue weighted by molar-refractivity contribution is 0.138. The molecule has 1 fully saturated rings. The van der Waals surface area contributed by atoms with Gasteiger partial charge < -0.3 is 14.8 Å². The quantitative estimate of drug-likeness (QED) is 0.800. The highest BCUT2D eigenvalue weighted by Gasteiger charge is 2.17. The van der Waals surface area contributed by atoms with Gasteiger partial charge in [-0.1, -0.05) is 6.07 Å². The number of nitrogens with zero attached hydrogens (tertiary/aromatic N) is 1. The van der Waals surface area contributed by atoms with Crippen molar-refractivity contribution in [3.8, 4) is 5.88 Å². The predicted octanol–water partition coefficient (Wildman–Crippen LogP) is 0.969. The monoisotopic (exact) mass is 208 g/mol. The van der Waals surface area contributed by atoms with Crippen LogP contribution in [-0.2, 0) is 11.3 Å². The van der Waals surface area contributed by atoms with Gasteiger partial charge in [0.25, 0.3) is 0 Å². The number of pyridine rings is 1. The summed E-state index contributed by atoms with van der Waals surface area (Å²) in [7, 11) is 1.90. The van der Waals surface area contributed by atoms with Crippen molar-refractivity contribution in [2.45, 2.75) is 19.1 Å². The van der Waals surface area contributed by atoms with E-state index in [0.717, 1.165) is 25.3 Å². The van der Waals surface area contributed by atoms with Crippen molar-refractivity contribution in [3.63, 3.8) is 0 Å². The van der Waals surface area contributed by atoms with Crippen LogP contribution in [0.5, 0.6) is 5.88 Å². The van der Waals surface area contributed by atoms with E-state index in [1.165, 1.54) is 0 Å². The van der Waals surface area contributed by atoms with Gasteiger partial charge in [0.1, 0.15) is 6.10 Å². The van der Waals surface area contributed by atoms with Crippen molar-refractivity contribution in [1.29, 1.82) is 0 Å². The van der Waals surface area contributed by atoms with Crippen molar-refractivity contribution in [2.75, 3.05) is 20.3 Å². The minimum Gasteiger partial charge on any atom is -0.472 e. The second kappa shape index (κ2) is 5.09. The summed E-state index contributed by atoms with van der Waals surface area (Å²) in [4.78, 5) is 4.39. The molecule has 2 rings (SSSR count). The Morgan fingerprint density at radius 2 is 2.53 bits per heavy atom. The first kappa shape index (κ1) is 10.4. The molecule has 2 heterocycles. The van der Waals surface area contributed by atoms with Crippen LogP contribution in [0.25, 0.3) is 0 Å². The van der Waals surface area contributed by atoms with E-state index in [1.54, 1.807) is 0 Å². The average Bonchev–Trinajstić information content (AvgIpc) is 2.71. The molecular weight excluding hydrogens is 192 g/mol. The standard InChI is InChI=1S/C11H16N2O2/c1-12-7-9-3-2-4-11(13-9)15-10-5-6-14-8-10/h2-4,10,12H,5-8H2,1H3. The highest BCUT2D eigenvalue weighted by Crippen LogP contribution is 2.14. The number of rotatable bonds is 4. The Morgan fingerprint density at radius 3 is 3.27 bits per heavy atom. The Hall–Kier alpha value is -1.13. The van der Waals surface area contributed by atoms with Crippen molar-refractivity contribution < 1.29 is 9.47 Å². The van der Waals surface area contributed by atoms with E-state index in [0.29, 0.717) is 12.5 Å². The number of nitrogens with one attached hydrogen (secondary N) is 1. The summed E-state index contributed by atoms with van der Waals surface area (Å²) in [5.41, 5.74) is 0.994. The maximum Gasteiger partial charge on any atom is 0.213 e. The lowest BCUT2D eigenvalue weighted by Gasteiger charge is -2.11. The van der Waals surface area contributed by atoms with Crippen LogP contribution in [0.15, 0.2) is 18.2 Å². The molecular formula is C11H16N2O2. The Bertz CT molecular complexity index is 311. The van der Waals surface area contributed by atoms with Crippen LogP contribution in [0.1, 0.15) is 12.1 Å². The van der Waals surface area contributed by atoms with E-state index in [4.69, 9.17) is 9.47 Å². The Labute approximate surface area is 89.6 Å². The topological polar surface area (TPSA) is 43.4 Å². The van der Waals surface area contributed by atoms with E-state index >= 15 is 0 Å². The predicted molar refractivity (Wildman–Crippen MR) is 56.9 cm³/mol. The highest BCUT2D eigenvalue weighted by molar-refractivity contribution is 5.16. The molecule has 1 aliphatic heterocycles. The van der Waals surface area contributed by atoms with E-state index in [9.17, 15) is 0 Å². The number of ether oxygens (including phenoxy) is 2. The van der Waals surface area contributed by atoms with Crippen LogP contribution in [0, 0.1) is 0 Å². The van der Waals surface area contributed by atoms with Crippen molar-refractivity contribution in [2.24, 2.45) is 0 Å². The molecule has 0 aromatic carbocycles. The first-order chi connectivity index (χ1) is 7.38. The summed E-state index contributed by atoms with van der Waals surface area (Å²) in [6, 6.07) is 5.83. The first-order valence-electron chi connectivity index (χ1n) is 5.23. The van der Waals surface area contributed by atoms with E-state index in [-0.39, 0.29) is 6.10 Å². The molecule has 0 amide bonds. The van der Waals surface area contributed by atoms with Crippen LogP contribution in [0.4, 0.5) is 0 Å². The number of hydrogen-bond donors (Lipinski definition) is 1. The molecule has 1 aliphatic rings. The van der Waals surface area contributed by atoms with Crippen LogP contribution in [0.2, 0.25) is 0 Å². The minimum absolute atomic E-state index is 0.169. The van der Waals surface area contributed by atoms with Gasteiger partial charge in [0.2, 0.25) is 5.88 Å². The third-order valence-electron chi connectivity index (χ3n) is 2.31. The maximum atomic E-state index is 5.70. The third kappa shape index (κ3) is 2.91. The summed E-state index contributed by atoms with van der Waals surface area (Å²) in [5.74, 6) is 0.693. The average molecular weight is 208 g/mol. The molecule has 82 valence electrons. The fraction of sp³-hybridized carbons (Fsp3) is 0.545. The zero-order valence-corrected chi connectivity index (χ0v) is 8.90. The van der Waals surface area contributed by atoms with Gasteiger partial charge in [-0.25, -0.2) is 4.98 Å². The summed E-state index contributed by atoms with van der Waals surface area (Å²) >= 11 is 0. The zero-order chi connectivity index (χ0) is 10.5.